The second-order valence-electron chi connectivity index (χ2n) is 6.43. The Morgan fingerprint density at radius 2 is 1.90 bits per heavy atom. The highest BCUT2D eigenvalue weighted by atomic mass is 127. The van der Waals surface area contributed by atoms with Gasteiger partial charge in [-0.2, -0.15) is 0 Å². The molecule has 1 aliphatic rings. The molecule has 1 aromatic carbocycles. The number of rotatable bonds is 3. The highest BCUT2D eigenvalue weighted by Crippen LogP contribution is 2.38. The summed E-state index contributed by atoms with van der Waals surface area (Å²) in [5, 5.41) is 3.10. The Morgan fingerprint density at radius 1 is 1.25 bits per heavy atom. The molecule has 3 heteroatoms. The molecular formula is C17H24INO. The fourth-order valence-electron chi connectivity index (χ4n) is 3.27. The van der Waals surface area contributed by atoms with E-state index >= 15 is 0 Å². The van der Waals surface area contributed by atoms with Crippen molar-refractivity contribution in [1.29, 1.82) is 0 Å². The summed E-state index contributed by atoms with van der Waals surface area (Å²) in [6.45, 7) is 6.75. The van der Waals surface area contributed by atoms with Crippen LogP contribution in [0.25, 0.3) is 0 Å². The van der Waals surface area contributed by atoms with Crippen molar-refractivity contribution in [3.8, 4) is 0 Å². The van der Waals surface area contributed by atoms with Gasteiger partial charge in [-0.1, -0.05) is 27.2 Å². The minimum atomic E-state index is 0.165. The predicted molar refractivity (Wildman–Crippen MR) is 92.6 cm³/mol. The summed E-state index contributed by atoms with van der Waals surface area (Å²) in [7, 11) is 0. The summed E-state index contributed by atoms with van der Waals surface area (Å²) in [5.41, 5.74) is 0.913. The summed E-state index contributed by atoms with van der Waals surface area (Å²) in [6, 6.07) is 8.02. The average Bonchev–Trinajstić information content (AvgIpc) is 2.41. The second-order valence-corrected chi connectivity index (χ2v) is 7.67. The Labute approximate surface area is 135 Å². The van der Waals surface area contributed by atoms with Crippen molar-refractivity contribution < 1.29 is 4.79 Å². The fraction of sp³-hybridized carbons (Fsp3) is 0.588. The summed E-state index contributed by atoms with van der Waals surface area (Å²) in [4.78, 5) is 12.6. The lowest BCUT2D eigenvalue weighted by atomic mass is 9.70. The first-order valence-corrected chi connectivity index (χ1v) is 8.61. The first-order valence-electron chi connectivity index (χ1n) is 7.53. The maximum Gasteiger partial charge on any atom is 0.227 e. The smallest absolute Gasteiger partial charge is 0.227 e. The van der Waals surface area contributed by atoms with E-state index in [1.165, 1.54) is 16.4 Å². The van der Waals surface area contributed by atoms with Gasteiger partial charge >= 0.3 is 0 Å². The molecule has 0 heterocycles. The highest BCUT2D eigenvalue weighted by molar-refractivity contribution is 14.1. The molecule has 0 saturated heterocycles. The maximum absolute atomic E-state index is 12.6. The van der Waals surface area contributed by atoms with E-state index < -0.39 is 0 Å². The number of amides is 1. The summed E-state index contributed by atoms with van der Waals surface area (Å²) < 4.78 is 1.19. The first kappa shape index (κ1) is 15.8. The molecule has 2 nitrogen and oxygen atoms in total. The van der Waals surface area contributed by atoms with E-state index in [-0.39, 0.29) is 11.8 Å². The second kappa shape index (κ2) is 6.92. The summed E-state index contributed by atoms with van der Waals surface area (Å²) >= 11 is 2.28. The minimum Gasteiger partial charge on any atom is -0.326 e. The summed E-state index contributed by atoms with van der Waals surface area (Å²) in [5.74, 6) is 2.14. The van der Waals surface area contributed by atoms with Gasteiger partial charge in [0.1, 0.15) is 0 Å². The van der Waals surface area contributed by atoms with E-state index in [4.69, 9.17) is 0 Å². The molecule has 3 unspecified atom stereocenters. The van der Waals surface area contributed by atoms with E-state index in [2.05, 4.69) is 48.7 Å². The third-order valence-corrected chi connectivity index (χ3v) is 5.19. The Bertz CT molecular complexity index is 455. The van der Waals surface area contributed by atoms with E-state index in [0.29, 0.717) is 17.8 Å². The molecule has 3 atom stereocenters. The van der Waals surface area contributed by atoms with Gasteiger partial charge in [-0.25, -0.2) is 0 Å². The summed E-state index contributed by atoms with van der Waals surface area (Å²) in [6.07, 6.45) is 3.47. The third kappa shape index (κ3) is 3.96. The lowest BCUT2D eigenvalue weighted by Gasteiger charge is -2.36. The largest absolute Gasteiger partial charge is 0.326 e. The van der Waals surface area contributed by atoms with Crippen molar-refractivity contribution in [1.82, 2.24) is 0 Å². The fourth-order valence-corrected chi connectivity index (χ4v) is 3.63. The van der Waals surface area contributed by atoms with Crippen molar-refractivity contribution in [3.05, 3.63) is 27.8 Å². The monoisotopic (exact) mass is 385 g/mol. The first-order chi connectivity index (χ1) is 9.47. The standard InChI is InChI=1S/C17H24INO/c1-11(2)15-9-4-12(3)10-16(15)17(20)19-14-7-5-13(18)6-8-14/h5-8,11-12,15-16H,4,9-10H2,1-3H3,(H,19,20). The molecule has 0 bridgehead atoms. The van der Waals surface area contributed by atoms with Gasteiger partial charge in [-0.3, -0.25) is 4.79 Å². The van der Waals surface area contributed by atoms with Gasteiger partial charge in [0.25, 0.3) is 0 Å². The zero-order valence-electron chi connectivity index (χ0n) is 12.5. The van der Waals surface area contributed by atoms with Crippen LogP contribution < -0.4 is 5.32 Å². The van der Waals surface area contributed by atoms with Crippen LogP contribution in [0.5, 0.6) is 0 Å². The van der Waals surface area contributed by atoms with Crippen LogP contribution in [0.2, 0.25) is 0 Å². The van der Waals surface area contributed by atoms with Crippen LogP contribution in [-0.4, -0.2) is 5.91 Å². The number of halogens is 1. The van der Waals surface area contributed by atoms with Gasteiger partial charge in [0, 0.05) is 15.2 Å². The van der Waals surface area contributed by atoms with Crippen LogP contribution in [0.1, 0.15) is 40.0 Å². The molecule has 0 aromatic heterocycles. The number of benzene rings is 1. The van der Waals surface area contributed by atoms with Crippen molar-refractivity contribution in [2.75, 3.05) is 5.32 Å². The van der Waals surface area contributed by atoms with Crippen molar-refractivity contribution in [3.63, 3.8) is 0 Å². The highest BCUT2D eigenvalue weighted by Gasteiger charge is 2.35. The molecule has 1 aromatic rings. The van der Waals surface area contributed by atoms with E-state index in [1.54, 1.807) is 0 Å². The van der Waals surface area contributed by atoms with Gasteiger partial charge in [0.05, 0.1) is 0 Å². The van der Waals surface area contributed by atoms with Crippen molar-refractivity contribution in [2.45, 2.75) is 40.0 Å². The van der Waals surface area contributed by atoms with E-state index in [9.17, 15) is 4.79 Å². The molecule has 1 saturated carbocycles. The van der Waals surface area contributed by atoms with Gasteiger partial charge < -0.3 is 5.32 Å². The number of carbonyl (C=O) groups excluding carboxylic acids is 1. The van der Waals surface area contributed by atoms with Gasteiger partial charge in [0.15, 0.2) is 0 Å². The lowest BCUT2D eigenvalue weighted by molar-refractivity contribution is -0.123. The molecule has 1 aliphatic carbocycles. The molecule has 1 amide bonds. The van der Waals surface area contributed by atoms with Crippen LogP contribution in [0.15, 0.2) is 24.3 Å². The lowest BCUT2D eigenvalue weighted by Crippen LogP contribution is -2.36. The number of nitrogens with one attached hydrogen (secondary N) is 1. The van der Waals surface area contributed by atoms with E-state index in [0.717, 1.165) is 12.1 Å². The van der Waals surface area contributed by atoms with Crippen molar-refractivity contribution in [2.24, 2.45) is 23.7 Å². The molecule has 20 heavy (non-hydrogen) atoms. The molecular weight excluding hydrogens is 361 g/mol. The van der Waals surface area contributed by atoms with E-state index in [1.807, 2.05) is 24.3 Å². The van der Waals surface area contributed by atoms with Crippen LogP contribution >= 0.6 is 22.6 Å². The molecule has 1 fully saturated rings. The zero-order chi connectivity index (χ0) is 14.7. The minimum absolute atomic E-state index is 0.165. The number of hydrogen-bond donors (Lipinski definition) is 1. The van der Waals surface area contributed by atoms with Crippen LogP contribution in [0.4, 0.5) is 5.69 Å². The number of anilines is 1. The van der Waals surface area contributed by atoms with Crippen LogP contribution in [-0.2, 0) is 4.79 Å². The normalized spacial score (nSPS) is 26.6. The van der Waals surface area contributed by atoms with Crippen LogP contribution in [0, 0.1) is 27.2 Å². The maximum atomic E-state index is 12.6. The Hall–Kier alpha value is -0.580. The Kier molecular flexibility index (Phi) is 5.47. The SMILES string of the molecule is CC1CCC(C(C)C)C(C(=O)Nc2ccc(I)cc2)C1. The molecule has 1 N–H and O–H groups in total. The molecule has 2 rings (SSSR count). The Morgan fingerprint density at radius 3 is 2.50 bits per heavy atom. The molecule has 0 aliphatic heterocycles. The molecule has 0 radical (unpaired) electrons. The Balaban J connectivity index is 2.07. The third-order valence-electron chi connectivity index (χ3n) is 4.47. The molecule has 110 valence electrons. The topological polar surface area (TPSA) is 29.1 Å². The molecule has 0 spiro atoms. The predicted octanol–water partition coefficient (Wildman–Crippen LogP) is 4.94. The van der Waals surface area contributed by atoms with Crippen LogP contribution in [0.3, 0.4) is 0 Å². The number of carbonyl (C=O) groups is 1. The quantitative estimate of drug-likeness (QED) is 0.734. The van der Waals surface area contributed by atoms with Gasteiger partial charge in [-0.05, 0) is 77.5 Å². The van der Waals surface area contributed by atoms with Gasteiger partial charge in [0.2, 0.25) is 5.91 Å². The average molecular weight is 385 g/mol. The van der Waals surface area contributed by atoms with Gasteiger partial charge in [-0.15, -0.1) is 0 Å². The zero-order valence-corrected chi connectivity index (χ0v) is 14.7. The number of hydrogen-bond acceptors (Lipinski definition) is 1. The van der Waals surface area contributed by atoms with Crippen molar-refractivity contribution >= 4 is 34.2 Å².